The fraction of sp³-hybridized carbons (Fsp3) is 0.538. The molecule has 1 aromatic carbocycles. The SMILES string of the molecule is CCN(Cc1cc(N)cc2c1OCOC2)CC(F)(F)F. The molecule has 2 rings (SSSR count). The number of hydrogen-bond donors (Lipinski definition) is 1. The number of nitrogen functional groups attached to an aromatic ring is 1. The number of nitrogens with two attached hydrogens (primary N) is 1. The highest BCUT2D eigenvalue weighted by Gasteiger charge is 2.30. The van der Waals surface area contributed by atoms with Crippen LogP contribution in [-0.2, 0) is 17.9 Å². The van der Waals surface area contributed by atoms with Gasteiger partial charge in [-0.1, -0.05) is 6.92 Å². The van der Waals surface area contributed by atoms with Crippen molar-refractivity contribution in [2.75, 3.05) is 25.6 Å². The summed E-state index contributed by atoms with van der Waals surface area (Å²) < 4.78 is 48.0. The van der Waals surface area contributed by atoms with Crippen LogP contribution in [0.2, 0.25) is 0 Å². The van der Waals surface area contributed by atoms with Crippen LogP contribution in [0.15, 0.2) is 12.1 Å². The standard InChI is InChI=1S/C13H17F3N2O2/c1-2-18(7-13(14,15)16)5-9-3-11(17)4-10-6-19-8-20-12(9)10/h3-4H,2,5-8,17H2,1H3. The lowest BCUT2D eigenvalue weighted by atomic mass is 10.1. The van der Waals surface area contributed by atoms with Crippen molar-refractivity contribution in [2.24, 2.45) is 0 Å². The highest BCUT2D eigenvalue weighted by molar-refractivity contribution is 5.53. The molecule has 0 bridgehead atoms. The zero-order valence-corrected chi connectivity index (χ0v) is 11.2. The average molecular weight is 290 g/mol. The van der Waals surface area contributed by atoms with Gasteiger partial charge in [-0.25, -0.2) is 0 Å². The molecule has 0 atom stereocenters. The third kappa shape index (κ3) is 3.77. The molecule has 1 aromatic rings. The van der Waals surface area contributed by atoms with Crippen molar-refractivity contribution in [1.29, 1.82) is 0 Å². The summed E-state index contributed by atoms with van der Waals surface area (Å²) in [4.78, 5) is 1.30. The Balaban J connectivity index is 2.21. The van der Waals surface area contributed by atoms with Crippen molar-refractivity contribution in [3.63, 3.8) is 0 Å². The van der Waals surface area contributed by atoms with Gasteiger partial charge in [-0.2, -0.15) is 13.2 Å². The Morgan fingerprint density at radius 3 is 2.75 bits per heavy atom. The van der Waals surface area contributed by atoms with Crippen LogP contribution in [0.3, 0.4) is 0 Å². The van der Waals surface area contributed by atoms with E-state index < -0.39 is 12.7 Å². The molecule has 112 valence electrons. The maximum atomic E-state index is 12.5. The normalized spacial score (nSPS) is 15.1. The summed E-state index contributed by atoms with van der Waals surface area (Å²) >= 11 is 0. The highest BCUT2D eigenvalue weighted by Crippen LogP contribution is 2.32. The van der Waals surface area contributed by atoms with E-state index in [1.807, 2.05) is 0 Å². The molecule has 0 aliphatic carbocycles. The van der Waals surface area contributed by atoms with Crippen LogP contribution >= 0.6 is 0 Å². The van der Waals surface area contributed by atoms with E-state index >= 15 is 0 Å². The monoisotopic (exact) mass is 290 g/mol. The summed E-state index contributed by atoms with van der Waals surface area (Å²) in [5, 5.41) is 0. The van der Waals surface area contributed by atoms with Gasteiger partial charge in [-0.15, -0.1) is 0 Å². The lowest BCUT2D eigenvalue weighted by Crippen LogP contribution is -2.34. The second-order valence-corrected chi connectivity index (χ2v) is 4.70. The summed E-state index contributed by atoms with van der Waals surface area (Å²) in [5.74, 6) is 0.589. The molecule has 0 saturated heterocycles. The van der Waals surface area contributed by atoms with Crippen molar-refractivity contribution >= 4 is 5.69 Å². The molecule has 7 heteroatoms. The summed E-state index contributed by atoms with van der Waals surface area (Å²) in [5.41, 5.74) is 7.71. The van der Waals surface area contributed by atoms with Crippen LogP contribution in [0, 0.1) is 0 Å². The van der Waals surface area contributed by atoms with Crippen LogP contribution in [0.5, 0.6) is 5.75 Å². The third-order valence-corrected chi connectivity index (χ3v) is 3.05. The van der Waals surface area contributed by atoms with Crippen LogP contribution in [0.25, 0.3) is 0 Å². The maximum Gasteiger partial charge on any atom is 0.401 e. The molecule has 0 radical (unpaired) electrons. The van der Waals surface area contributed by atoms with Gasteiger partial charge < -0.3 is 15.2 Å². The Bertz CT molecular complexity index is 477. The van der Waals surface area contributed by atoms with Gasteiger partial charge in [0.25, 0.3) is 0 Å². The average Bonchev–Trinajstić information content (AvgIpc) is 2.36. The van der Waals surface area contributed by atoms with E-state index in [4.69, 9.17) is 15.2 Å². The van der Waals surface area contributed by atoms with E-state index in [9.17, 15) is 13.2 Å². The number of ether oxygens (including phenoxy) is 2. The minimum absolute atomic E-state index is 0.106. The van der Waals surface area contributed by atoms with E-state index in [0.717, 1.165) is 5.56 Å². The van der Waals surface area contributed by atoms with Crippen molar-refractivity contribution in [3.8, 4) is 5.75 Å². The molecular formula is C13H17F3N2O2. The third-order valence-electron chi connectivity index (χ3n) is 3.05. The molecule has 1 aliphatic rings. The van der Waals surface area contributed by atoms with Crippen LogP contribution < -0.4 is 10.5 Å². The van der Waals surface area contributed by atoms with Crippen LogP contribution in [0.1, 0.15) is 18.1 Å². The van der Waals surface area contributed by atoms with Gasteiger partial charge in [0.05, 0.1) is 13.2 Å². The lowest BCUT2D eigenvalue weighted by molar-refractivity contribution is -0.146. The van der Waals surface area contributed by atoms with Crippen LogP contribution in [-0.4, -0.2) is 31.0 Å². The van der Waals surface area contributed by atoms with E-state index in [2.05, 4.69) is 0 Å². The molecular weight excluding hydrogens is 273 g/mol. The zero-order valence-electron chi connectivity index (χ0n) is 11.2. The van der Waals surface area contributed by atoms with E-state index in [1.54, 1.807) is 19.1 Å². The lowest BCUT2D eigenvalue weighted by Gasteiger charge is -2.26. The van der Waals surface area contributed by atoms with Crippen molar-refractivity contribution in [3.05, 3.63) is 23.3 Å². The van der Waals surface area contributed by atoms with E-state index in [-0.39, 0.29) is 13.3 Å². The Morgan fingerprint density at radius 2 is 2.10 bits per heavy atom. The molecule has 20 heavy (non-hydrogen) atoms. The van der Waals surface area contributed by atoms with Crippen molar-refractivity contribution in [2.45, 2.75) is 26.3 Å². The molecule has 0 saturated carbocycles. The van der Waals surface area contributed by atoms with Gasteiger partial charge in [0, 0.05) is 23.4 Å². The molecule has 4 nitrogen and oxygen atoms in total. The Morgan fingerprint density at radius 1 is 1.35 bits per heavy atom. The van der Waals surface area contributed by atoms with Gasteiger partial charge in [-0.05, 0) is 18.7 Å². The van der Waals surface area contributed by atoms with Gasteiger partial charge in [0.15, 0.2) is 6.79 Å². The highest BCUT2D eigenvalue weighted by atomic mass is 19.4. The first-order valence-corrected chi connectivity index (χ1v) is 6.30. The number of nitrogens with zero attached hydrogens (tertiary/aromatic N) is 1. The Kier molecular flexibility index (Phi) is 4.39. The summed E-state index contributed by atoms with van der Waals surface area (Å²) in [7, 11) is 0. The van der Waals surface area contributed by atoms with Gasteiger partial charge in [-0.3, -0.25) is 4.90 Å². The van der Waals surface area contributed by atoms with Gasteiger partial charge in [0.2, 0.25) is 0 Å². The Hall–Kier alpha value is -1.47. The first-order chi connectivity index (χ1) is 9.39. The minimum Gasteiger partial charge on any atom is -0.467 e. The second kappa shape index (κ2) is 5.88. The number of fused-ring (bicyclic) bond motifs is 1. The molecule has 0 spiro atoms. The number of alkyl halides is 3. The number of benzene rings is 1. The van der Waals surface area contributed by atoms with Gasteiger partial charge >= 0.3 is 6.18 Å². The number of hydrogen-bond acceptors (Lipinski definition) is 4. The molecule has 0 aromatic heterocycles. The summed E-state index contributed by atoms with van der Waals surface area (Å²) in [6.07, 6.45) is -4.22. The van der Waals surface area contributed by atoms with E-state index in [0.29, 0.717) is 30.2 Å². The molecule has 1 aliphatic heterocycles. The second-order valence-electron chi connectivity index (χ2n) is 4.70. The minimum atomic E-state index is -4.22. The number of halogens is 3. The smallest absolute Gasteiger partial charge is 0.401 e. The first kappa shape index (κ1) is 14.9. The molecule has 0 fully saturated rings. The number of anilines is 1. The number of rotatable bonds is 4. The fourth-order valence-corrected chi connectivity index (χ4v) is 2.22. The largest absolute Gasteiger partial charge is 0.467 e. The molecule has 0 unspecified atom stereocenters. The van der Waals surface area contributed by atoms with Gasteiger partial charge in [0.1, 0.15) is 5.75 Å². The van der Waals surface area contributed by atoms with Crippen LogP contribution in [0.4, 0.5) is 18.9 Å². The van der Waals surface area contributed by atoms with E-state index in [1.165, 1.54) is 4.90 Å². The predicted octanol–water partition coefficient (Wildman–Crippen LogP) is 2.52. The molecule has 1 heterocycles. The Labute approximate surface area is 115 Å². The van der Waals surface area contributed by atoms with Crippen molar-refractivity contribution in [1.82, 2.24) is 4.90 Å². The summed E-state index contributed by atoms with van der Waals surface area (Å²) in [6.45, 7) is 1.63. The first-order valence-electron chi connectivity index (χ1n) is 6.30. The topological polar surface area (TPSA) is 47.7 Å². The zero-order chi connectivity index (χ0) is 14.8. The molecule has 2 N–H and O–H groups in total. The fourth-order valence-electron chi connectivity index (χ4n) is 2.22. The predicted molar refractivity (Wildman–Crippen MR) is 68.1 cm³/mol. The molecule has 0 amide bonds. The maximum absolute atomic E-state index is 12.5. The van der Waals surface area contributed by atoms with Crippen molar-refractivity contribution < 1.29 is 22.6 Å². The summed E-state index contributed by atoms with van der Waals surface area (Å²) in [6, 6.07) is 3.38. The quantitative estimate of drug-likeness (QED) is 0.866.